The van der Waals surface area contributed by atoms with Crippen molar-refractivity contribution in [3.05, 3.63) is 71.5 Å². The van der Waals surface area contributed by atoms with Gasteiger partial charge in [-0.05, 0) is 38.3 Å². The Hall–Kier alpha value is -4.22. The molecule has 42 heavy (non-hydrogen) atoms. The number of likely N-dealkylation sites (tertiary alicyclic amines) is 1. The first-order valence-corrected chi connectivity index (χ1v) is 14.2. The lowest BCUT2D eigenvalue weighted by atomic mass is 9.84. The molecule has 3 aromatic rings. The first-order valence-electron chi connectivity index (χ1n) is 14.2. The number of ether oxygens (including phenoxy) is 2. The fraction of sp³-hybridized carbons (Fsp3) is 0.419. The van der Waals surface area contributed by atoms with Crippen LogP contribution in [0.1, 0.15) is 49.1 Å². The quantitative estimate of drug-likeness (QED) is 0.192. The van der Waals surface area contributed by atoms with Crippen LogP contribution in [-0.4, -0.2) is 71.0 Å². The number of nitrogens with one attached hydrogen (secondary N) is 3. The highest BCUT2D eigenvalue weighted by atomic mass is 16.5. The molecule has 6 rings (SSSR count). The third kappa shape index (κ3) is 5.25. The number of amides is 1. The third-order valence-electron chi connectivity index (χ3n) is 8.77. The van der Waals surface area contributed by atoms with E-state index in [4.69, 9.17) is 20.6 Å². The second-order valence-corrected chi connectivity index (χ2v) is 11.9. The summed E-state index contributed by atoms with van der Waals surface area (Å²) in [6.07, 6.45) is 5.23. The molecule has 220 valence electrons. The Morgan fingerprint density at radius 2 is 1.98 bits per heavy atom. The molecule has 1 spiro atoms. The van der Waals surface area contributed by atoms with Crippen molar-refractivity contribution in [3.8, 4) is 5.75 Å². The molecule has 1 aliphatic carbocycles. The second kappa shape index (κ2) is 10.9. The summed E-state index contributed by atoms with van der Waals surface area (Å²) in [5.41, 5.74) is 8.74. The van der Waals surface area contributed by atoms with Gasteiger partial charge in [-0.3, -0.25) is 10.2 Å². The Morgan fingerprint density at radius 3 is 2.69 bits per heavy atom. The normalized spacial score (nSPS) is 23.0. The fourth-order valence-corrected chi connectivity index (χ4v) is 6.12. The van der Waals surface area contributed by atoms with E-state index in [0.29, 0.717) is 41.5 Å². The number of aliphatic hydroxyl groups is 1. The number of carbonyl (C=O) groups excluding carboxylic acids is 1. The number of aliphatic hydroxyl groups excluding tert-OH is 1. The molecule has 6 N–H and O–H groups in total. The summed E-state index contributed by atoms with van der Waals surface area (Å²) < 4.78 is 10.5. The largest absolute Gasteiger partial charge is 0.497 e. The van der Waals surface area contributed by atoms with Crippen LogP contribution in [-0.2, 0) is 9.53 Å². The van der Waals surface area contributed by atoms with E-state index in [2.05, 4.69) is 20.6 Å². The van der Waals surface area contributed by atoms with Crippen LogP contribution in [0.3, 0.4) is 0 Å². The maximum absolute atomic E-state index is 13.2. The molecule has 3 fully saturated rings. The number of methoxy groups -OCH3 is 1. The minimum absolute atomic E-state index is 0.0226. The number of nitrogens with two attached hydrogens (primary N) is 1. The van der Waals surface area contributed by atoms with Crippen LogP contribution in [0.5, 0.6) is 5.75 Å². The number of pyridine rings is 2. The average Bonchev–Trinajstić information content (AvgIpc) is 3.64. The van der Waals surface area contributed by atoms with Gasteiger partial charge in [0.1, 0.15) is 17.4 Å². The van der Waals surface area contributed by atoms with Gasteiger partial charge in [-0.15, -0.1) is 0 Å². The zero-order valence-electron chi connectivity index (χ0n) is 23.9. The number of aromatic nitrogens is 2. The zero-order valence-corrected chi connectivity index (χ0v) is 23.9. The van der Waals surface area contributed by atoms with Gasteiger partial charge >= 0.3 is 0 Å². The Kier molecular flexibility index (Phi) is 7.24. The van der Waals surface area contributed by atoms with Gasteiger partial charge < -0.3 is 35.8 Å². The topological polar surface area (TPSA) is 159 Å². The smallest absolute Gasteiger partial charge is 0.233 e. The summed E-state index contributed by atoms with van der Waals surface area (Å²) in [5, 5.41) is 26.3. The molecule has 11 heteroatoms. The summed E-state index contributed by atoms with van der Waals surface area (Å²) in [4.78, 5) is 23.7. The van der Waals surface area contributed by atoms with Gasteiger partial charge in [-0.1, -0.05) is 24.3 Å². The number of anilines is 3. The predicted molar refractivity (Wildman–Crippen MR) is 160 cm³/mol. The lowest BCUT2D eigenvalue weighted by Gasteiger charge is -2.43. The highest BCUT2D eigenvalue weighted by Gasteiger charge is 2.58. The van der Waals surface area contributed by atoms with Crippen LogP contribution in [0, 0.1) is 16.2 Å². The number of nitrogen functional groups attached to an aromatic ring is 1. The van der Waals surface area contributed by atoms with Crippen molar-refractivity contribution in [1.82, 2.24) is 14.9 Å². The van der Waals surface area contributed by atoms with Crippen molar-refractivity contribution in [3.63, 3.8) is 0 Å². The molecule has 1 saturated carbocycles. The van der Waals surface area contributed by atoms with Crippen molar-refractivity contribution < 1.29 is 19.4 Å². The van der Waals surface area contributed by atoms with Crippen molar-refractivity contribution in [1.29, 1.82) is 5.41 Å². The van der Waals surface area contributed by atoms with Gasteiger partial charge in [-0.25, -0.2) is 9.97 Å². The van der Waals surface area contributed by atoms with Gasteiger partial charge in [0.2, 0.25) is 5.91 Å². The number of carbonyl (C=O) groups is 1. The molecule has 0 radical (unpaired) electrons. The Balaban J connectivity index is 1.14. The average molecular weight is 572 g/mol. The third-order valence-corrected chi connectivity index (χ3v) is 8.77. The highest BCUT2D eigenvalue weighted by Crippen LogP contribution is 2.54. The maximum atomic E-state index is 13.2. The lowest BCUT2D eigenvalue weighted by molar-refractivity contribution is -0.170. The molecule has 2 aromatic heterocycles. The molecule has 4 heterocycles. The van der Waals surface area contributed by atoms with E-state index >= 15 is 0 Å². The van der Waals surface area contributed by atoms with E-state index < -0.39 is 11.6 Å². The standard InChI is InChI=1S/C31H37N7O4/c1-30(17-42-18-30)29(40)38-13-3-10-31(16-38)15-23(31)36-22-9-12-35-27(33)25(22)26(32)19-4-6-20(7-5-19)28(39)37-24-14-21(41-2)8-11-34-24/h4-9,11-12,14,23,28,32,39H,3,10,13,15-18H2,1-2H3,(H,34,37)(H3,33,35,36)/t23-,28?,31?/m0/s1. The molecule has 0 bridgehead atoms. The summed E-state index contributed by atoms with van der Waals surface area (Å²) in [7, 11) is 1.57. The molecule has 1 aromatic carbocycles. The van der Waals surface area contributed by atoms with Gasteiger partial charge in [0.25, 0.3) is 0 Å². The Labute approximate surface area is 245 Å². The minimum atomic E-state index is -0.999. The van der Waals surface area contributed by atoms with Crippen LogP contribution in [0.25, 0.3) is 0 Å². The van der Waals surface area contributed by atoms with Crippen molar-refractivity contribution in [2.24, 2.45) is 10.8 Å². The summed E-state index contributed by atoms with van der Waals surface area (Å²) in [6, 6.07) is 12.6. The van der Waals surface area contributed by atoms with E-state index in [9.17, 15) is 9.90 Å². The number of benzene rings is 1. The van der Waals surface area contributed by atoms with Gasteiger partial charge in [0.15, 0.2) is 6.23 Å². The predicted octanol–water partition coefficient (Wildman–Crippen LogP) is 3.42. The number of hydrogen-bond donors (Lipinski definition) is 5. The monoisotopic (exact) mass is 571 g/mol. The Bertz CT molecular complexity index is 1490. The molecule has 2 saturated heterocycles. The van der Waals surface area contributed by atoms with Crippen LogP contribution < -0.4 is 21.1 Å². The Morgan fingerprint density at radius 1 is 1.21 bits per heavy atom. The number of hydrogen-bond acceptors (Lipinski definition) is 10. The summed E-state index contributed by atoms with van der Waals surface area (Å²) in [5.74, 6) is 1.57. The maximum Gasteiger partial charge on any atom is 0.233 e. The summed E-state index contributed by atoms with van der Waals surface area (Å²) >= 11 is 0. The van der Waals surface area contributed by atoms with Crippen LogP contribution in [0.15, 0.2) is 54.9 Å². The van der Waals surface area contributed by atoms with Crippen LogP contribution >= 0.6 is 0 Å². The molecular formula is C31H37N7O4. The second-order valence-electron chi connectivity index (χ2n) is 11.9. The molecule has 2 aliphatic heterocycles. The molecular weight excluding hydrogens is 534 g/mol. The van der Waals surface area contributed by atoms with Crippen LogP contribution in [0.2, 0.25) is 0 Å². The van der Waals surface area contributed by atoms with Gasteiger partial charge in [-0.2, -0.15) is 0 Å². The highest BCUT2D eigenvalue weighted by molar-refractivity contribution is 6.16. The molecule has 3 atom stereocenters. The van der Waals surface area contributed by atoms with E-state index in [1.54, 1.807) is 55.9 Å². The van der Waals surface area contributed by atoms with Gasteiger partial charge in [0.05, 0.1) is 37.0 Å². The van der Waals surface area contributed by atoms with Crippen molar-refractivity contribution >= 4 is 28.9 Å². The lowest BCUT2D eigenvalue weighted by Crippen LogP contribution is -2.56. The first kappa shape index (κ1) is 27.9. The number of rotatable bonds is 9. The molecule has 2 unspecified atom stereocenters. The fourth-order valence-electron chi connectivity index (χ4n) is 6.12. The van der Waals surface area contributed by atoms with E-state index in [-0.39, 0.29) is 28.9 Å². The van der Waals surface area contributed by atoms with Gasteiger partial charge in [0, 0.05) is 59.8 Å². The van der Waals surface area contributed by atoms with E-state index in [1.165, 1.54) is 0 Å². The SMILES string of the molecule is COc1ccnc(NC(O)c2ccc(C(=N)c3c(N[C@H]4CC45CCCN(C(=O)C4(C)COC4)C5)ccnc3N)cc2)c1. The molecule has 1 amide bonds. The first-order chi connectivity index (χ1) is 20.2. The zero-order chi connectivity index (χ0) is 29.5. The molecule has 11 nitrogen and oxygen atoms in total. The van der Waals surface area contributed by atoms with Crippen molar-refractivity contribution in [2.45, 2.75) is 38.5 Å². The van der Waals surface area contributed by atoms with E-state index in [1.807, 2.05) is 17.9 Å². The van der Waals surface area contributed by atoms with E-state index in [0.717, 1.165) is 38.0 Å². The number of piperidine rings is 1. The molecule has 3 aliphatic rings. The number of nitrogens with zero attached hydrogens (tertiary/aromatic N) is 3. The minimum Gasteiger partial charge on any atom is -0.497 e. The summed E-state index contributed by atoms with van der Waals surface area (Å²) in [6.45, 7) is 4.50. The van der Waals surface area contributed by atoms with Crippen molar-refractivity contribution in [2.75, 3.05) is 49.8 Å². The van der Waals surface area contributed by atoms with Crippen LogP contribution in [0.4, 0.5) is 17.3 Å².